The fourth-order valence-corrected chi connectivity index (χ4v) is 6.91. The first-order valence-corrected chi connectivity index (χ1v) is 14.5. The van der Waals surface area contributed by atoms with E-state index in [0.717, 1.165) is 24.3 Å². The van der Waals surface area contributed by atoms with Gasteiger partial charge < -0.3 is 19.9 Å². The van der Waals surface area contributed by atoms with Crippen LogP contribution in [0.2, 0.25) is 0 Å². The molecule has 0 saturated heterocycles. The number of ether oxygens (including phenoxy) is 2. The molecule has 226 valence electrons. The molecule has 1 aliphatic carbocycles. The van der Waals surface area contributed by atoms with Crippen LogP contribution in [-0.4, -0.2) is 40.9 Å². The highest BCUT2D eigenvalue weighted by Gasteiger charge is 2.39. The van der Waals surface area contributed by atoms with Crippen LogP contribution in [0.5, 0.6) is 17.2 Å². The highest BCUT2D eigenvalue weighted by atomic mass is 32.2. The lowest BCUT2D eigenvalue weighted by molar-refractivity contribution is -0.274. The number of aliphatic hydroxyl groups is 1. The Morgan fingerprint density at radius 3 is 2.26 bits per heavy atom. The van der Waals surface area contributed by atoms with Crippen molar-refractivity contribution in [2.45, 2.75) is 60.9 Å². The maximum absolute atomic E-state index is 13.7. The van der Waals surface area contributed by atoms with E-state index in [1.807, 2.05) is 0 Å². The lowest BCUT2D eigenvalue weighted by Gasteiger charge is -2.39. The third-order valence-electron chi connectivity index (χ3n) is 7.28. The SMILES string of the molecule is CN=S(=O)(NC1CCCC(NC2c3ccccc3Oc3ccc(C(F)(F)F)cc32)C1O)c1ccc(OC(F)(F)F)cc1. The predicted molar refractivity (Wildman–Crippen MR) is 141 cm³/mol. The molecular weight excluding hydrogens is 588 g/mol. The van der Waals surface area contributed by atoms with E-state index in [0.29, 0.717) is 30.6 Å². The number of nitrogens with one attached hydrogen (secondary N) is 2. The number of rotatable bonds is 6. The van der Waals surface area contributed by atoms with E-state index >= 15 is 0 Å². The van der Waals surface area contributed by atoms with E-state index in [1.54, 1.807) is 24.3 Å². The fraction of sp³-hybridized carbons (Fsp3) is 0.357. The number of halogens is 6. The molecule has 0 amide bonds. The Balaban J connectivity index is 1.39. The zero-order chi connectivity index (χ0) is 30.3. The second-order valence-electron chi connectivity index (χ2n) is 9.97. The molecule has 0 bridgehead atoms. The quantitative estimate of drug-likeness (QED) is 0.282. The van der Waals surface area contributed by atoms with Crippen molar-refractivity contribution in [3.8, 4) is 17.2 Å². The summed E-state index contributed by atoms with van der Waals surface area (Å²) in [6.07, 6.45) is -9.15. The first kappa shape index (κ1) is 30.1. The number of nitrogens with zero attached hydrogens (tertiary/aromatic N) is 1. The molecule has 3 aromatic carbocycles. The van der Waals surface area contributed by atoms with Crippen molar-refractivity contribution in [3.63, 3.8) is 0 Å². The molecule has 1 fully saturated rings. The summed E-state index contributed by atoms with van der Waals surface area (Å²) < 4.78 is 109. The van der Waals surface area contributed by atoms with Crippen LogP contribution in [0.15, 0.2) is 76.0 Å². The van der Waals surface area contributed by atoms with Crippen molar-refractivity contribution in [1.29, 1.82) is 0 Å². The van der Waals surface area contributed by atoms with Gasteiger partial charge in [-0.05, 0) is 61.4 Å². The third-order valence-corrected chi connectivity index (χ3v) is 9.33. The van der Waals surface area contributed by atoms with Crippen LogP contribution in [0.1, 0.15) is 42.0 Å². The lowest BCUT2D eigenvalue weighted by atomic mass is 9.86. The van der Waals surface area contributed by atoms with E-state index in [-0.39, 0.29) is 16.2 Å². The number of benzene rings is 3. The van der Waals surface area contributed by atoms with Crippen LogP contribution in [0.25, 0.3) is 0 Å². The second-order valence-corrected chi connectivity index (χ2v) is 12.1. The molecule has 42 heavy (non-hydrogen) atoms. The first-order chi connectivity index (χ1) is 19.8. The topological polar surface area (TPSA) is 92.2 Å². The van der Waals surface area contributed by atoms with Gasteiger partial charge in [0.25, 0.3) is 0 Å². The normalized spacial score (nSPS) is 23.6. The van der Waals surface area contributed by atoms with Gasteiger partial charge in [-0.3, -0.25) is 0 Å². The molecule has 0 spiro atoms. The van der Waals surface area contributed by atoms with E-state index in [2.05, 4.69) is 19.1 Å². The first-order valence-electron chi connectivity index (χ1n) is 13.0. The van der Waals surface area contributed by atoms with Crippen molar-refractivity contribution in [2.24, 2.45) is 4.36 Å². The van der Waals surface area contributed by atoms with Gasteiger partial charge in [-0.1, -0.05) is 24.6 Å². The maximum Gasteiger partial charge on any atom is 0.573 e. The van der Waals surface area contributed by atoms with E-state index in [1.165, 1.54) is 25.2 Å². The van der Waals surface area contributed by atoms with Crippen LogP contribution in [0.3, 0.4) is 0 Å². The number of alkyl halides is 6. The van der Waals surface area contributed by atoms with E-state index < -0.39 is 58.0 Å². The molecule has 1 aliphatic heterocycles. The largest absolute Gasteiger partial charge is 0.573 e. The van der Waals surface area contributed by atoms with Crippen LogP contribution in [0, 0.1) is 0 Å². The molecule has 7 nitrogen and oxygen atoms in total. The van der Waals surface area contributed by atoms with Gasteiger partial charge in [0.15, 0.2) is 0 Å². The van der Waals surface area contributed by atoms with Gasteiger partial charge in [-0.25, -0.2) is 13.3 Å². The summed E-state index contributed by atoms with van der Waals surface area (Å²) in [5.41, 5.74) is 0.0233. The van der Waals surface area contributed by atoms with Crippen molar-refractivity contribution in [3.05, 3.63) is 83.4 Å². The Hall–Kier alpha value is -3.33. The van der Waals surface area contributed by atoms with Crippen LogP contribution in [0.4, 0.5) is 26.3 Å². The monoisotopic (exact) mass is 615 g/mol. The van der Waals surface area contributed by atoms with Gasteiger partial charge in [0, 0.05) is 30.3 Å². The summed E-state index contributed by atoms with van der Waals surface area (Å²) in [5, 5.41) is 14.7. The lowest BCUT2D eigenvalue weighted by Crippen LogP contribution is -2.56. The summed E-state index contributed by atoms with van der Waals surface area (Å²) in [5.74, 6) is 0.231. The molecule has 1 heterocycles. The van der Waals surface area contributed by atoms with Crippen LogP contribution in [-0.2, 0) is 16.1 Å². The number of hydrogen-bond acceptors (Lipinski definition) is 6. The molecule has 5 rings (SSSR count). The number of aliphatic hydroxyl groups excluding tert-OH is 1. The molecule has 1 saturated carbocycles. The molecule has 2 aliphatic rings. The summed E-state index contributed by atoms with van der Waals surface area (Å²) in [7, 11) is -2.08. The Labute approximate surface area is 238 Å². The Morgan fingerprint density at radius 1 is 0.929 bits per heavy atom. The third kappa shape index (κ3) is 6.36. The maximum atomic E-state index is 13.7. The van der Waals surface area contributed by atoms with Gasteiger partial charge in [0.2, 0.25) is 0 Å². The molecule has 3 aromatic rings. The molecule has 5 unspecified atom stereocenters. The molecular formula is C28H27F6N3O4S. The van der Waals surface area contributed by atoms with E-state index in [9.17, 15) is 35.7 Å². The average molecular weight is 616 g/mol. The van der Waals surface area contributed by atoms with Crippen molar-refractivity contribution in [1.82, 2.24) is 10.0 Å². The molecule has 3 N–H and O–H groups in total. The van der Waals surface area contributed by atoms with Crippen LogP contribution >= 0.6 is 0 Å². The molecule has 5 atom stereocenters. The van der Waals surface area contributed by atoms with Crippen molar-refractivity contribution < 1.29 is 45.1 Å². The Kier molecular flexibility index (Phi) is 8.18. The summed E-state index contributed by atoms with van der Waals surface area (Å²) in [6, 6.07) is 12.5. The fourth-order valence-electron chi connectivity index (χ4n) is 5.28. The Morgan fingerprint density at radius 2 is 1.60 bits per heavy atom. The smallest absolute Gasteiger partial charge is 0.457 e. The predicted octanol–water partition coefficient (Wildman–Crippen LogP) is 6.33. The highest BCUT2D eigenvalue weighted by Crippen LogP contribution is 2.45. The molecule has 0 aromatic heterocycles. The summed E-state index contributed by atoms with van der Waals surface area (Å²) >= 11 is 0. The number of fused-ring (bicyclic) bond motifs is 2. The zero-order valence-electron chi connectivity index (χ0n) is 22.1. The van der Waals surface area contributed by atoms with Crippen LogP contribution < -0.4 is 19.5 Å². The standard InChI is InChI=1S/C28H27F6N3O4S/c1-35-42(39,18-12-10-17(11-13-18)41-28(32,33)34)37-22-7-4-6-21(26(22)38)36-25-19-5-2-3-8-23(19)40-24-14-9-16(15-20(24)25)27(29,30)31/h2-3,5,8-15,21-22,25-26,36,38H,4,6-7H2,1H3,(H,35,37,39). The Bertz CT molecular complexity index is 1550. The minimum absolute atomic E-state index is 0.0915. The van der Waals surface area contributed by atoms with Gasteiger partial charge >= 0.3 is 12.5 Å². The van der Waals surface area contributed by atoms with Gasteiger partial charge in [-0.2, -0.15) is 13.2 Å². The van der Waals surface area contributed by atoms with E-state index in [4.69, 9.17) is 4.74 Å². The molecule has 14 heteroatoms. The highest BCUT2D eigenvalue weighted by molar-refractivity contribution is 7.91. The summed E-state index contributed by atoms with van der Waals surface area (Å²) in [6.45, 7) is 0. The average Bonchev–Trinajstić information content (AvgIpc) is 2.93. The zero-order valence-corrected chi connectivity index (χ0v) is 22.9. The number of para-hydroxylation sites is 1. The number of hydrogen-bond donors (Lipinski definition) is 3. The van der Waals surface area contributed by atoms with Gasteiger partial charge in [-0.15, -0.1) is 13.2 Å². The van der Waals surface area contributed by atoms with Gasteiger partial charge in [0.1, 0.15) is 27.2 Å². The molecule has 0 radical (unpaired) electrons. The minimum Gasteiger partial charge on any atom is -0.457 e. The minimum atomic E-state index is -4.88. The van der Waals surface area contributed by atoms with Crippen molar-refractivity contribution in [2.75, 3.05) is 7.05 Å². The summed E-state index contributed by atoms with van der Waals surface area (Å²) in [4.78, 5) is 0.0915. The van der Waals surface area contributed by atoms with Gasteiger partial charge in [0.05, 0.1) is 22.6 Å². The van der Waals surface area contributed by atoms with Crippen molar-refractivity contribution >= 4 is 9.92 Å². The second kappa shape index (κ2) is 11.4.